The SMILES string of the molecule is C=CCOC(=O)C(CC(C)C)c1ccc(C2(N(COCC[Si](C)(C)C)[S+]([O-])C(C)(C)C)COC2)cc1. The number of ether oxygens (including phenoxy) is 3. The Morgan fingerprint density at radius 3 is 2.31 bits per heavy atom. The van der Waals surface area contributed by atoms with Crippen molar-refractivity contribution in [2.45, 2.75) is 82.9 Å². The minimum absolute atomic E-state index is 0.206. The van der Waals surface area contributed by atoms with Crippen molar-refractivity contribution >= 4 is 25.4 Å². The third-order valence-corrected chi connectivity index (χ3v) is 9.88. The second-order valence-electron chi connectivity index (χ2n) is 12.3. The average Bonchev–Trinajstić information content (AvgIpc) is 2.75. The Hall–Kier alpha value is -1.16. The lowest BCUT2D eigenvalue weighted by Gasteiger charge is -2.50. The Bertz CT molecular complexity index is 843. The molecular weight excluding hydrogens is 490 g/mol. The van der Waals surface area contributed by atoms with Gasteiger partial charge in [-0.25, -0.2) is 0 Å². The molecule has 2 rings (SSSR count). The Kier molecular flexibility index (Phi) is 11.3. The highest BCUT2D eigenvalue weighted by atomic mass is 32.2. The van der Waals surface area contributed by atoms with Crippen molar-refractivity contribution in [2.75, 3.05) is 33.2 Å². The Morgan fingerprint density at radius 1 is 1.25 bits per heavy atom. The van der Waals surface area contributed by atoms with Crippen molar-refractivity contribution in [1.82, 2.24) is 4.31 Å². The fourth-order valence-corrected chi connectivity index (χ4v) is 6.16. The number of hydrogen-bond acceptors (Lipinski definition) is 6. The van der Waals surface area contributed by atoms with Gasteiger partial charge in [-0.05, 0) is 50.3 Å². The fraction of sp³-hybridized carbons (Fsp3) is 0.679. The molecule has 0 saturated carbocycles. The highest BCUT2D eigenvalue weighted by molar-refractivity contribution is 7.90. The van der Waals surface area contributed by atoms with Crippen molar-refractivity contribution in [3.8, 4) is 0 Å². The van der Waals surface area contributed by atoms with Gasteiger partial charge in [0, 0.05) is 26.0 Å². The molecule has 1 heterocycles. The molecule has 1 aliphatic rings. The second kappa shape index (κ2) is 13.1. The van der Waals surface area contributed by atoms with Crippen LogP contribution in [0, 0.1) is 5.92 Å². The van der Waals surface area contributed by atoms with Gasteiger partial charge in [0.15, 0.2) is 0 Å². The zero-order chi connectivity index (χ0) is 27.1. The van der Waals surface area contributed by atoms with Crippen LogP contribution in [-0.4, -0.2) is 60.8 Å². The predicted octanol–water partition coefficient (Wildman–Crippen LogP) is 5.85. The maximum atomic E-state index is 13.7. The maximum absolute atomic E-state index is 13.7. The van der Waals surface area contributed by atoms with Crippen molar-refractivity contribution in [3.63, 3.8) is 0 Å². The highest BCUT2D eigenvalue weighted by Crippen LogP contribution is 2.41. The van der Waals surface area contributed by atoms with E-state index in [2.05, 4.69) is 40.1 Å². The quantitative estimate of drug-likeness (QED) is 0.0741. The summed E-state index contributed by atoms with van der Waals surface area (Å²) in [5, 5.41) is 0. The van der Waals surface area contributed by atoms with Crippen molar-refractivity contribution in [3.05, 3.63) is 48.0 Å². The monoisotopic (exact) mass is 537 g/mol. The Balaban J connectivity index is 2.32. The van der Waals surface area contributed by atoms with E-state index < -0.39 is 29.7 Å². The van der Waals surface area contributed by atoms with Gasteiger partial charge in [-0.2, -0.15) is 0 Å². The summed E-state index contributed by atoms with van der Waals surface area (Å²) in [6.45, 7) is 22.8. The standard InChI is InChI=1S/C28H47NO5SSi/c1-10-15-34-26(30)25(18-22(2)3)23-11-13-24(14-12-23)28(19-33-20-28)29(35(31)27(4,5)6)21-32-16-17-36(7,8)9/h10-14,22,25H,1,15-21H2,2-9H3. The summed E-state index contributed by atoms with van der Waals surface area (Å²) < 4.78 is 32.4. The summed E-state index contributed by atoms with van der Waals surface area (Å²) in [5.41, 5.74) is 1.41. The maximum Gasteiger partial charge on any atom is 0.313 e. The van der Waals surface area contributed by atoms with E-state index in [0.717, 1.165) is 17.2 Å². The van der Waals surface area contributed by atoms with Crippen LogP contribution in [0.5, 0.6) is 0 Å². The molecule has 6 nitrogen and oxygen atoms in total. The van der Waals surface area contributed by atoms with E-state index in [9.17, 15) is 9.35 Å². The molecule has 8 heteroatoms. The first-order valence-corrected chi connectivity index (χ1v) is 17.8. The van der Waals surface area contributed by atoms with Crippen LogP contribution in [0.25, 0.3) is 0 Å². The molecule has 0 N–H and O–H groups in total. The lowest BCUT2D eigenvalue weighted by atomic mass is 9.85. The van der Waals surface area contributed by atoms with E-state index in [1.54, 1.807) is 6.08 Å². The van der Waals surface area contributed by atoms with Gasteiger partial charge < -0.3 is 18.8 Å². The number of nitrogens with zero attached hydrogens (tertiary/aromatic N) is 1. The van der Waals surface area contributed by atoms with Crippen LogP contribution in [-0.2, 0) is 35.9 Å². The lowest BCUT2D eigenvalue weighted by molar-refractivity contribution is -0.144. The van der Waals surface area contributed by atoms with Gasteiger partial charge in [0.2, 0.25) is 0 Å². The van der Waals surface area contributed by atoms with E-state index >= 15 is 0 Å². The number of rotatable bonds is 14. The molecule has 1 fully saturated rings. The van der Waals surface area contributed by atoms with Crippen LogP contribution in [0.3, 0.4) is 0 Å². The molecule has 1 aliphatic heterocycles. The van der Waals surface area contributed by atoms with E-state index in [1.807, 2.05) is 49.3 Å². The van der Waals surface area contributed by atoms with E-state index in [-0.39, 0.29) is 25.2 Å². The molecule has 0 aliphatic carbocycles. The smallest absolute Gasteiger partial charge is 0.313 e. The molecule has 2 atom stereocenters. The Labute approximate surface area is 223 Å². The summed E-state index contributed by atoms with van der Waals surface area (Å²) in [4.78, 5) is 12.8. The van der Waals surface area contributed by atoms with Gasteiger partial charge in [-0.3, -0.25) is 4.79 Å². The summed E-state index contributed by atoms with van der Waals surface area (Å²) >= 11 is -1.30. The molecular formula is C28H47NO5SSi. The number of esters is 1. The third kappa shape index (κ3) is 8.43. The van der Waals surface area contributed by atoms with Crippen LogP contribution in [0.15, 0.2) is 36.9 Å². The first-order chi connectivity index (χ1) is 16.7. The first kappa shape index (κ1) is 31.1. The second-order valence-corrected chi connectivity index (χ2v) is 20.1. The molecule has 1 aromatic carbocycles. The molecule has 0 aromatic heterocycles. The van der Waals surface area contributed by atoms with Gasteiger partial charge in [-0.1, -0.05) is 74.7 Å². The largest absolute Gasteiger partial charge is 0.597 e. The summed E-state index contributed by atoms with van der Waals surface area (Å²) in [6.07, 6.45) is 2.29. The fourth-order valence-electron chi connectivity index (χ4n) is 4.04. The zero-order valence-corrected chi connectivity index (χ0v) is 25.4. The molecule has 0 bridgehead atoms. The number of carbonyl (C=O) groups excluding carboxylic acids is 1. The minimum Gasteiger partial charge on any atom is -0.597 e. The summed E-state index contributed by atoms with van der Waals surface area (Å²) in [7, 11) is -1.23. The van der Waals surface area contributed by atoms with Crippen molar-refractivity contribution < 1.29 is 23.6 Å². The number of hydrogen-bond donors (Lipinski definition) is 0. The van der Waals surface area contributed by atoms with Gasteiger partial charge in [0.1, 0.15) is 23.6 Å². The minimum atomic E-state index is -1.30. The van der Waals surface area contributed by atoms with Gasteiger partial charge in [0.25, 0.3) is 0 Å². The summed E-state index contributed by atoms with van der Waals surface area (Å²) in [6, 6.07) is 9.14. The zero-order valence-electron chi connectivity index (χ0n) is 23.6. The van der Waals surface area contributed by atoms with Crippen molar-refractivity contribution in [1.29, 1.82) is 0 Å². The average molecular weight is 538 g/mol. The molecule has 1 saturated heterocycles. The van der Waals surface area contributed by atoms with Crippen LogP contribution >= 0.6 is 0 Å². The molecule has 1 aromatic rings. The predicted molar refractivity (Wildman–Crippen MR) is 151 cm³/mol. The van der Waals surface area contributed by atoms with E-state index in [4.69, 9.17) is 14.2 Å². The summed E-state index contributed by atoms with van der Waals surface area (Å²) in [5.74, 6) is -0.225. The topological polar surface area (TPSA) is 71.1 Å². The van der Waals surface area contributed by atoms with Crippen LogP contribution in [0.1, 0.15) is 58.1 Å². The molecule has 0 radical (unpaired) electrons. The normalized spacial score (nSPS) is 17.5. The number of carbonyl (C=O) groups is 1. The van der Waals surface area contributed by atoms with Crippen molar-refractivity contribution in [2.24, 2.45) is 5.92 Å². The number of benzene rings is 1. The van der Waals surface area contributed by atoms with Gasteiger partial charge in [-0.15, -0.1) is 0 Å². The molecule has 36 heavy (non-hydrogen) atoms. The van der Waals surface area contributed by atoms with Crippen LogP contribution < -0.4 is 0 Å². The van der Waals surface area contributed by atoms with Crippen LogP contribution in [0.2, 0.25) is 25.7 Å². The lowest BCUT2D eigenvalue weighted by Crippen LogP contribution is -2.64. The van der Waals surface area contributed by atoms with E-state index in [0.29, 0.717) is 32.2 Å². The molecule has 0 spiro atoms. The molecule has 2 unspecified atom stereocenters. The highest BCUT2D eigenvalue weighted by Gasteiger charge is 2.54. The molecule has 0 amide bonds. The molecule has 204 valence electrons. The first-order valence-electron chi connectivity index (χ1n) is 12.9. The van der Waals surface area contributed by atoms with Gasteiger partial charge >= 0.3 is 5.97 Å². The van der Waals surface area contributed by atoms with E-state index in [1.165, 1.54) is 0 Å². The van der Waals surface area contributed by atoms with Crippen LogP contribution in [0.4, 0.5) is 0 Å². The van der Waals surface area contributed by atoms with Gasteiger partial charge in [0.05, 0.1) is 19.1 Å². The Morgan fingerprint density at radius 2 is 1.86 bits per heavy atom. The third-order valence-electron chi connectivity index (χ3n) is 6.27.